The quantitative estimate of drug-likeness (QED) is 0.810. The van der Waals surface area contributed by atoms with E-state index in [1.54, 1.807) is 12.1 Å². The highest BCUT2D eigenvalue weighted by molar-refractivity contribution is 5.92. The third kappa shape index (κ3) is 5.62. The largest absolute Gasteiger partial charge is 0.489 e. The average molecular weight is 316 g/mol. The normalized spacial score (nSPS) is 10.4. The highest BCUT2D eigenvalue weighted by Crippen LogP contribution is 2.24. The van der Waals surface area contributed by atoms with Crippen molar-refractivity contribution < 1.29 is 13.9 Å². The first-order valence-electron chi connectivity index (χ1n) is 7.59. The van der Waals surface area contributed by atoms with E-state index in [1.165, 1.54) is 12.1 Å². The first-order chi connectivity index (χ1) is 11.0. The van der Waals surface area contributed by atoms with Crippen molar-refractivity contribution in [2.75, 3.05) is 17.2 Å². The van der Waals surface area contributed by atoms with E-state index in [0.29, 0.717) is 24.4 Å². The molecule has 0 fully saturated rings. The van der Waals surface area contributed by atoms with Gasteiger partial charge in [0.15, 0.2) is 0 Å². The molecule has 0 atom stereocenters. The van der Waals surface area contributed by atoms with E-state index in [1.807, 2.05) is 38.1 Å². The van der Waals surface area contributed by atoms with Crippen LogP contribution in [0.5, 0.6) is 5.75 Å². The predicted molar refractivity (Wildman–Crippen MR) is 90.3 cm³/mol. The number of halogens is 1. The molecule has 2 N–H and O–H groups in total. The minimum atomic E-state index is -0.282. The average Bonchev–Trinajstić information content (AvgIpc) is 2.51. The number of nitrogens with one attached hydrogen (secondary N) is 2. The molecule has 2 aromatic carbocycles. The number of para-hydroxylation sites is 2. The Balaban J connectivity index is 1.84. The van der Waals surface area contributed by atoms with Gasteiger partial charge >= 0.3 is 0 Å². The lowest BCUT2D eigenvalue weighted by molar-refractivity contribution is -0.116. The molecular formula is C18H21FN2O2. The lowest BCUT2D eigenvalue weighted by Gasteiger charge is -2.15. The number of benzene rings is 2. The van der Waals surface area contributed by atoms with Gasteiger partial charge in [-0.25, -0.2) is 4.39 Å². The van der Waals surface area contributed by atoms with Gasteiger partial charge in [0.05, 0.1) is 11.8 Å². The minimum absolute atomic E-state index is 0.0354. The van der Waals surface area contributed by atoms with Crippen molar-refractivity contribution in [3.05, 3.63) is 54.3 Å². The van der Waals surface area contributed by atoms with Crippen LogP contribution in [0.1, 0.15) is 20.3 Å². The van der Waals surface area contributed by atoms with Crippen LogP contribution in [-0.2, 0) is 4.79 Å². The maximum absolute atomic E-state index is 12.8. The van der Waals surface area contributed by atoms with E-state index >= 15 is 0 Å². The van der Waals surface area contributed by atoms with Crippen molar-refractivity contribution in [1.29, 1.82) is 0 Å². The molecule has 0 spiro atoms. The van der Waals surface area contributed by atoms with Crippen LogP contribution >= 0.6 is 0 Å². The Morgan fingerprint density at radius 1 is 1.13 bits per heavy atom. The highest BCUT2D eigenvalue weighted by Gasteiger charge is 2.08. The molecule has 0 unspecified atom stereocenters. The van der Waals surface area contributed by atoms with Gasteiger partial charge in [-0.05, 0) is 50.2 Å². The topological polar surface area (TPSA) is 50.4 Å². The lowest BCUT2D eigenvalue weighted by Crippen LogP contribution is -2.17. The van der Waals surface area contributed by atoms with Gasteiger partial charge in [0, 0.05) is 18.7 Å². The molecule has 5 heteroatoms. The second kappa shape index (κ2) is 8.17. The van der Waals surface area contributed by atoms with Gasteiger partial charge in [0.1, 0.15) is 11.6 Å². The van der Waals surface area contributed by atoms with E-state index in [9.17, 15) is 9.18 Å². The van der Waals surface area contributed by atoms with Crippen LogP contribution in [0.4, 0.5) is 15.8 Å². The van der Waals surface area contributed by atoms with Crippen LogP contribution in [0.3, 0.4) is 0 Å². The van der Waals surface area contributed by atoms with Gasteiger partial charge < -0.3 is 15.4 Å². The van der Waals surface area contributed by atoms with Crippen molar-refractivity contribution in [2.45, 2.75) is 26.4 Å². The van der Waals surface area contributed by atoms with Crippen molar-refractivity contribution >= 4 is 17.3 Å². The minimum Gasteiger partial charge on any atom is -0.489 e. The summed E-state index contributed by atoms with van der Waals surface area (Å²) in [4.78, 5) is 12.0. The van der Waals surface area contributed by atoms with Gasteiger partial charge in [-0.3, -0.25) is 4.79 Å². The van der Waals surface area contributed by atoms with Gasteiger partial charge in [0.2, 0.25) is 5.91 Å². The first-order valence-corrected chi connectivity index (χ1v) is 7.59. The van der Waals surface area contributed by atoms with Crippen LogP contribution < -0.4 is 15.4 Å². The summed E-state index contributed by atoms with van der Waals surface area (Å²) in [5.41, 5.74) is 1.44. The third-order valence-corrected chi connectivity index (χ3v) is 3.05. The van der Waals surface area contributed by atoms with E-state index in [0.717, 1.165) is 5.69 Å². The van der Waals surface area contributed by atoms with Crippen LogP contribution in [0.2, 0.25) is 0 Å². The molecule has 2 rings (SSSR count). The fourth-order valence-corrected chi connectivity index (χ4v) is 2.03. The summed E-state index contributed by atoms with van der Waals surface area (Å²) in [5.74, 6) is 0.261. The van der Waals surface area contributed by atoms with Crippen molar-refractivity contribution in [3.8, 4) is 5.75 Å². The molecule has 2 aromatic rings. The third-order valence-electron chi connectivity index (χ3n) is 3.05. The molecule has 0 aliphatic rings. The van der Waals surface area contributed by atoms with Crippen molar-refractivity contribution in [2.24, 2.45) is 0 Å². The molecule has 0 aliphatic heterocycles. The maximum Gasteiger partial charge on any atom is 0.226 e. The van der Waals surface area contributed by atoms with Gasteiger partial charge in [-0.15, -0.1) is 0 Å². The molecule has 0 aromatic heterocycles. The standard InChI is InChI=1S/C18H21FN2O2/c1-13(2)23-17-6-4-3-5-16(17)21-18(22)11-12-20-15-9-7-14(19)8-10-15/h3-10,13,20H,11-12H2,1-2H3,(H,21,22). The molecular weight excluding hydrogens is 295 g/mol. The summed E-state index contributed by atoms with van der Waals surface area (Å²) in [5, 5.41) is 5.92. The van der Waals surface area contributed by atoms with Gasteiger partial charge in [0.25, 0.3) is 0 Å². The fourth-order valence-electron chi connectivity index (χ4n) is 2.03. The Kier molecular flexibility index (Phi) is 5.97. The summed E-state index contributed by atoms with van der Waals surface area (Å²) in [6, 6.07) is 13.4. The van der Waals surface area contributed by atoms with Gasteiger partial charge in [-0.1, -0.05) is 12.1 Å². The Morgan fingerprint density at radius 2 is 1.83 bits per heavy atom. The molecule has 0 saturated heterocycles. The predicted octanol–water partition coefficient (Wildman–Crippen LogP) is 4.05. The van der Waals surface area contributed by atoms with E-state index < -0.39 is 0 Å². The van der Waals surface area contributed by atoms with Crippen LogP contribution in [0.15, 0.2) is 48.5 Å². The summed E-state index contributed by atoms with van der Waals surface area (Å²) in [6.45, 7) is 4.33. The summed E-state index contributed by atoms with van der Waals surface area (Å²) in [7, 11) is 0. The summed E-state index contributed by atoms with van der Waals surface area (Å²) in [6.07, 6.45) is 0.334. The summed E-state index contributed by atoms with van der Waals surface area (Å²) < 4.78 is 18.5. The summed E-state index contributed by atoms with van der Waals surface area (Å²) >= 11 is 0. The lowest BCUT2D eigenvalue weighted by atomic mass is 10.2. The zero-order valence-electron chi connectivity index (χ0n) is 13.3. The molecule has 0 saturated carbocycles. The smallest absolute Gasteiger partial charge is 0.226 e. The van der Waals surface area contributed by atoms with Crippen molar-refractivity contribution in [1.82, 2.24) is 0 Å². The number of ether oxygens (including phenoxy) is 1. The molecule has 122 valence electrons. The van der Waals surface area contributed by atoms with Crippen LogP contribution in [0, 0.1) is 5.82 Å². The van der Waals surface area contributed by atoms with E-state index in [4.69, 9.17) is 4.74 Å². The Labute approximate surface area is 135 Å². The number of carbonyl (C=O) groups is 1. The SMILES string of the molecule is CC(C)Oc1ccccc1NC(=O)CCNc1ccc(F)cc1. The van der Waals surface area contributed by atoms with E-state index in [-0.39, 0.29) is 17.8 Å². The number of hydrogen-bond donors (Lipinski definition) is 2. The van der Waals surface area contributed by atoms with Gasteiger partial charge in [-0.2, -0.15) is 0 Å². The van der Waals surface area contributed by atoms with Crippen LogP contribution in [-0.4, -0.2) is 18.6 Å². The number of anilines is 2. The number of hydrogen-bond acceptors (Lipinski definition) is 3. The molecule has 0 aliphatic carbocycles. The molecule has 0 heterocycles. The maximum atomic E-state index is 12.8. The number of carbonyl (C=O) groups excluding carboxylic acids is 1. The molecule has 23 heavy (non-hydrogen) atoms. The Bertz CT molecular complexity index is 642. The fraction of sp³-hybridized carbons (Fsp3) is 0.278. The number of rotatable bonds is 7. The second-order valence-corrected chi connectivity index (χ2v) is 5.39. The zero-order valence-corrected chi connectivity index (χ0v) is 13.3. The zero-order chi connectivity index (χ0) is 16.7. The Hall–Kier alpha value is -2.56. The van der Waals surface area contributed by atoms with Crippen LogP contribution in [0.25, 0.3) is 0 Å². The van der Waals surface area contributed by atoms with Crippen molar-refractivity contribution in [3.63, 3.8) is 0 Å². The van der Waals surface area contributed by atoms with E-state index in [2.05, 4.69) is 10.6 Å². The molecule has 4 nitrogen and oxygen atoms in total. The molecule has 0 bridgehead atoms. The first kappa shape index (κ1) is 16.8. The Morgan fingerprint density at radius 3 is 2.52 bits per heavy atom. The molecule has 0 radical (unpaired) electrons. The number of amides is 1. The second-order valence-electron chi connectivity index (χ2n) is 5.39. The molecule has 1 amide bonds. The highest BCUT2D eigenvalue weighted by atomic mass is 19.1. The monoisotopic (exact) mass is 316 g/mol.